The van der Waals surface area contributed by atoms with Crippen LogP contribution >= 0.6 is 0 Å². The summed E-state index contributed by atoms with van der Waals surface area (Å²) in [5.74, 6) is 2.06. The Morgan fingerprint density at radius 1 is 0.551 bits per heavy atom. The molecule has 49 heavy (non-hydrogen) atoms. The van der Waals surface area contributed by atoms with Crippen LogP contribution in [0, 0.1) is 38.9 Å². The number of carbonyl (C=O) groups excluding carboxylic acids is 2. The van der Waals surface area contributed by atoms with E-state index in [0.29, 0.717) is 27.9 Å². The summed E-state index contributed by atoms with van der Waals surface area (Å²) in [5.41, 5.74) is 3.36. The Kier molecular flexibility index (Phi) is 20.3. The Morgan fingerprint density at radius 2 is 0.939 bits per heavy atom. The number of carbonyl (C=O) groups is 2. The quantitative estimate of drug-likeness (QED) is 0.303. The molecule has 2 aliphatic carbocycles. The Balaban J connectivity index is 0.000000597. The van der Waals surface area contributed by atoms with E-state index >= 15 is 0 Å². The van der Waals surface area contributed by atoms with Gasteiger partial charge in [-0.15, -0.1) is 0 Å². The van der Waals surface area contributed by atoms with Crippen LogP contribution in [0.25, 0.3) is 0 Å². The van der Waals surface area contributed by atoms with E-state index in [1.54, 1.807) is 0 Å². The SMILES string of the molecule is CC(C)(C)C(=O)C1CCCC1.CC(C)(C)C(=O)c1ccccc1.CC(C)(C)C1CCCC1.CC(C)(C)Cc1ccccc1.CCC(C)(C)C. The zero-order chi connectivity index (χ0) is 38.1. The highest BCUT2D eigenvalue weighted by Gasteiger charge is 2.31. The molecular formula is C47H80O2. The second-order valence-electron chi connectivity index (χ2n) is 20.0. The smallest absolute Gasteiger partial charge is 0.168 e. The summed E-state index contributed by atoms with van der Waals surface area (Å²) in [7, 11) is 0. The predicted octanol–water partition coefficient (Wildman–Crippen LogP) is 14.6. The lowest BCUT2D eigenvalue weighted by atomic mass is 9.80. The predicted molar refractivity (Wildman–Crippen MR) is 217 cm³/mol. The van der Waals surface area contributed by atoms with Gasteiger partial charge < -0.3 is 0 Å². The van der Waals surface area contributed by atoms with Crippen molar-refractivity contribution in [2.24, 2.45) is 38.9 Å². The maximum Gasteiger partial charge on any atom is 0.168 e. The third-order valence-electron chi connectivity index (χ3n) is 9.40. The minimum atomic E-state index is -0.276. The fourth-order valence-corrected chi connectivity index (χ4v) is 5.82. The number of hydrogen-bond acceptors (Lipinski definition) is 2. The lowest BCUT2D eigenvalue weighted by molar-refractivity contribution is -0.130. The van der Waals surface area contributed by atoms with Crippen molar-refractivity contribution in [2.75, 3.05) is 0 Å². The van der Waals surface area contributed by atoms with Crippen molar-refractivity contribution in [3.05, 3.63) is 71.8 Å². The van der Waals surface area contributed by atoms with Crippen molar-refractivity contribution in [1.29, 1.82) is 0 Å². The maximum atomic E-state index is 11.7. The molecule has 0 unspecified atom stereocenters. The van der Waals surface area contributed by atoms with Crippen LogP contribution in [-0.4, -0.2) is 11.6 Å². The first-order valence-corrected chi connectivity index (χ1v) is 19.5. The monoisotopic (exact) mass is 677 g/mol. The molecule has 0 heterocycles. The molecular weight excluding hydrogens is 597 g/mol. The third kappa shape index (κ3) is 23.0. The van der Waals surface area contributed by atoms with Gasteiger partial charge in [0, 0.05) is 22.3 Å². The van der Waals surface area contributed by atoms with Crippen LogP contribution in [0.2, 0.25) is 0 Å². The molecule has 0 aromatic heterocycles. The molecule has 0 bridgehead atoms. The Morgan fingerprint density at radius 3 is 1.24 bits per heavy atom. The van der Waals surface area contributed by atoms with Gasteiger partial charge in [0.05, 0.1) is 0 Å². The van der Waals surface area contributed by atoms with Crippen LogP contribution in [-0.2, 0) is 11.2 Å². The first kappa shape index (κ1) is 46.8. The normalized spacial score (nSPS) is 15.7. The second-order valence-corrected chi connectivity index (χ2v) is 20.0. The first-order chi connectivity index (χ1) is 22.3. The number of hydrogen-bond donors (Lipinski definition) is 0. The van der Waals surface area contributed by atoms with E-state index in [1.807, 2.05) is 71.9 Å². The van der Waals surface area contributed by atoms with Gasteiger partial charge in [-0.05, 0) is 59.8 Å². The zero-order valence-electron chi connectivity index (χ0n) is 35.3. The van der Waals surface area contributed by atoms with Crippen LogP contribution in [0.4, 0.5) is 0 Å². The minimum Gasteiger partial charge on any atom is -0.299 e. The molecule has 4 rings (SSSR count). The third-order valence-corrected chi connectivity index (χ3v) is 9.40. The summed E-state index contributed by atoms with van der Waals surface area (Å²) in [6.45, 7) is 34.7. The Bertz CT molecular complexity index is 1140. The maximum absolute atomic E-state index is 11.7. The van der Waals surface area contributed by atoms with Gasteiger partial charge in [-0.3, -0.25) is 9.59 Å². The molecule has 2 nitrogen and oxygen atoms in total. The van der Waals surface area contributed by atoms with Crippen molar-refractivity contribution >= 4 is 11.6 Å². The summed E-state index contributed by atoms with van der Waals surface area (Å²) in [6, 6.07) is 20.0. The van der Waals surface area contributed by atoms with Crippen LogP contribution in [0.5, 0.6) is 0 Å². The van der Waals surface area contributed by atoms with Crippen LogP contribution in [0.1, 0.15) is 184 Å². The number of ketones is 2. The molecule has 280 valence electrons. The lowest BCUT2D eigenvalue weighted by Gasteiger charge is -2.26. The summed E-state index contributed by atoms with van der Waals surface area (Å²) >= 11 is 0. The van der Waals surface area contributed by atoms with Crippen molar-refractivity contribution in [3.63, 3.8) is 0 Å². The molecule has 0 atom stereocenters. The van der Waals surface area contributed by atoms with Crippen LogP contribution < -0.4 is 0 Å². The fraction of sp³-hybridized carbons (Fsp3) is 0.702. The highest BCUT2D eigenvalue weighted by molar-refractivity contribution is 5.99. The number of benzene rings is 2. The van der Waals surface area contributed by atoms with E-state index in [9.17, 15) is 9.59 Å². The lowest BCUT2D eigenvalue weighted by Crippen LogP contribution is -2.26. The standard InChI is InChI=1S/C11H14O.C11H16.C10H18O.C9H18.C6H14/c1-11(2,3)10(12)9-7-5-4-6-8-9;1-11(2,3)9-10-7-5-4-6-8-10;1-10(2,3)9(11)8-6-4-5-7-8;1-9(2,3)8-6-4-5-7-8;1-5-6(2,3)4/h4-8H,1-3H3;4-8H,9H2,1-3H3;8H,4-7H2,1-3H3;8H,4-7H2,1-3H3;5H2,1-4H3. The van der Waals surface area contributed by atoms with Gasteiger partial charge in [0.2, 0.25) is 0 Å². The summed E-state index contributed by atoms with van der Waals surface area (Å²) in [5, 5.41) is 0. The van der Waals surface area contributed by atoms with Gasteiger partial charge in [0.1, 0.15) is 5.78 Å². The van der Waals surface area contributed by atoms with E-state index < -0.39 is 0 Å². The van der Waals surface area contributed by atoms with Crippen molar-refractivity contribution in [3.8, 4) is 0 Å². The fourth-order valence-electron chi connectivity index (χ4n) is 5.82. The van der Waals surface area contributed by atoms with Gasteiger partial charge in [-0.25, -0.2) is 0 Å². The first-order valence-electron chi connectivity index (χ1n) is 19.5. The number of Topliss-reactive ketones (excluding diaryl/α,β-unsaturated/α-hetero) is 2. The van der Waals surface area contributed by atoms with Gasteiger partial charge in [-0.2, -0.15) is 0 Å². The molecule has 2 fully saturated rings. The van der Waals surface area contributed by atoms with E-state index in [2.05, 4.69) is 99.6 Å². The Hall–Kier alpha value is -2.22. The second kappa shape index (κ2) is 21.2. The molecule has 2 aliphatic rings. The van der Waals surface area contributed by atoms with Gasteiger partial charge in [0.25, 0.3) is 0 Å². The zero-order valence-corrected chi connectivity index (χ0v) is 35.3. The summed E-state index contributed by atoms with van der Waals surface area (Å²) in [4.78, 5) is 23.3. The highest BCUT2D eigenvalue weighted by Crippen LogP contribution is 2.38. The molecule has 2 aromatic rings. The summed E-state index contributed by atoms with van der Waals surface area (Å²) < 4.78 is 0. The average Bonchev–Trinajstić information content (AvgIpc) is 3.72. The van der Waals surface area contributed by atoms with Crippen molar-refractivity contribution < 1.29 is 9.59 Å². The number of rotatable bonds is 3. The molecule has 0 spiro atoms. The van der Waals surface area contributed by atoms with Gasteiger partial charge in [-0.1, -0.05) is 204 Å². The topological polar surface area (TPSA) is 34.1 Å². The molecule has 0 N–H and O–H groups in total. The molecule has 0 radical (unpaired) electrons. The highest BCUT2D eigenvalue weighted by atomic mass is 16.1. The largest absolute Gasteiger partial charge is 0.299 e. The molecule has 2 heteroatoms. The minimum absolute atomic E-state index is 0.116. The molecule has 0 aliphatic heterocycles. The van der Waals surface area contributed by atoms with Crippen LogP contribution in [0.3, 0.4) is 0 Å². The van der Waals surface area contributed by atoms with Crippen molar-refractivity contribution in [1.82, 2.24) is 0 Å². The van der Waals surface area contributed by atoms with Crippen molar-refractivity contribution in [2.45, 2.75) is 175 Å². The molecule has 2 saturated carbocycles. The molecule has 0 amide bonds. The molecule has 2 aromatic carbocycles. The van der Waals surface area contributed by atoms with Gasteiger partial charge >= 0.3 is 0 Å². The van der Waals surface area contributed by atoms with E-state index in [4.69, 9.17) is 0 Å². The van der Waals surface area contributed by atoms with Crippen LogP contribution in [0.15, 0.2) is 60.7 Å². The van der Waals surface area contributed by atoms with E-state index in [-0.39, 0.29) is 16.6 Å². The van der Waals surface area contributed by atoms with E-state index in [0.717, 1.165) is 30.7 Å². The molecule has 0 saturated heterocycles. The average molecular weight is 677 g/mol. The van der Waals surface area contributed by atoms with Gasteiger partial charge in [0.15, 0.2) is 5.78 Å². The summed E-state index contributed by atoms with van der Waals surface area (Å²) in [6.07, 6.45) is 13.1. The van der Waals surface area contributed by atoms with E-state index in [1.165, 1.54) is 50.5 Å². The Labute approximate surface area is 306 Å².